The Morgan fingerprint density at radius 3 is 2.48 bits per heavy atom. The number of carboxylic acids is 1. The van der Waals surface area contributed by atoms with Crippen LogP contribution in [0.15, 0.2) is 30.3 Å². The van der Waals surface area contributed by atoms with E-state index in [4.69, 9.17) is 0 Å². The Morgan fingerprint density at radius 2 is 1.86 bits per heavy atom. The smallest absolute Gasteiger partial charge is 0.329 e. The number of carboxylic acid groups (broad SMARTS) is 1. The van der Waals surface area contributed by atoms with Gasteiger partial charge < -0.3 is 10.0 Å². The van der Waals surface area contributed by atoms with Crippen molar-refractivity contribution in [2.24, 2.45) is 0 Å². The molecule has 0 saturated carbocycles. The number of carbonyl (C=O) groups is 3. The van der Waals surface area contributed by atoms with Crippen LogP contribution in [0.2, 0.25) is 0 Å². The van der Waals surface area contributed by atoms with Gasteiger partial charge in [0, 0.05) is 24.9 Å². The van der Waals surface area contributed by atoms with Crippen molar-refractivity contribution in [3.63, 3.8) is 0 Å². The lowest BCUT2D eigenvalue weighted by Gasteiger charge is -2.31. The summed E-state index contributed by atoms with van der Waals surface area (Å²) in [5.41, 5.74) is -0.555. The molecular formula is C16H19NO4. The third kappa shape index (κ3) is 3.12. The van der Waals surface area contributed by atoms with Gasteiger partial charge in [-0.1, -0.05) is 30.3 Å². The Hall–Kier alpha value is -2.17. The lowest BCUT2D eigenvalue weighted by Crippen LogP contribution is -2.50. The zero-order chi connectivity index (χ0) is 15.5. The minimum atomic E-state index is -1.13. The highest BCUT2D eigenvalue weighted by Gasteiger charge is 2.45. The Labute approximate surface area is 123 Å². The minimum absolute atomic E-state index is 0.0522. The highest BCUT2D eigenvalue weighted by molar-refractivity contribution is 5.98. The van der Waals surface area contributed by atoms with Crippen molar-refractivity contribution < 1.29 is 19.5 Å². The van der Waals surface area contributed by atoms with Crippen LogP contribution in [0.5, 0.6) is 0 Å². The van der Waals surface area contributed by atoms with E-state index in [9.17, 15) is 19.5 Å². The third-order valence-corrected chi connectivity index (χ3v) is 4.06. The molecule has 1 aromatic rings. The van der Waals surface area contributed by atoms with Crippen LogP contribution in [0.3, 0.4) is 0 Å². The predicted octanol–water partition coefficient (Wildman–Crippen LogP) is 2.12. The summed E-state index contributed by atoms with van der Waals surface area (Å²) in [4.78, 5) is 36.9. The van der Waals surface area contributed by atoms with Gasteiger partial charge in [-0.05, 0) is 19.8 Å². The summed E-state index contributed by atoms with van der Waals surface area (Å²) in [6.45, 7) is 2.01. The van der Waals surface area contributed by atoms with Gasteiger partial charge in [0.25, 0.3) is 0 Å². The molecule has 1 aromatic carbocycles. The highest BCUT2D eigenvalue weighted by atomic mass is 16.4. The van der Waals surface area contributed by atoms with Crippen LogP contribution in [0.1, 0.15) is 43.0 Å². The van der Waals surface area contributed by atoms with Crippen LogP contribution in [0.25, 0.3) is 0 Å². The SMILES string of the molecule is CC1(C(=O)O)CCCN1C(=O)CCC(=O)c1ccccc1. The molecule has 2 rings (SSSR count). The molecular weight excluding hydrogens is 270 g/mol. The molecule has 5 heteroatoms. The van der Waals surface area contributed by atoms with E-state index in [-0.39, 0.29) is 24.5 Å². The maximum Gasteiger partial charge on any atom is 0.329 e. The quantitative estimate of drug-likeness (QED) is 0.842. The Morgan fingerprint density at radius 1 is 1.19 bits per heavy atom. The van der Waals surface area contributed by atoms with Crippen molar-refractivity contribution >= 4 is 17.7 Å². The van der Waals surface area contributed by atoms with Crippen LogP contribution in [0, 0.1) is 0 Å². The van der Waals surface area contributed by atoms with Crippen molar-refractivity contribution in [2.45, 2.75) is 38.1 Å². The monoisotopic (exact) mass is 289 g/mol. The van der Waals surface area contributed by atoms with Gasteiger partial charge in [0.05, 0.1) is 0 Å². The number of hydrogen-bond acceptors (Lipinski definition) is 3. The standard InChI is InChI=1S/C16H19NO4/c1-16(15(20)21)10-5-11-17(16)14(19)9-8-13(18)12-6-3-2-4-7-12/h2-4,6-7H,5,8-11H2,1H3,(H,20,21). The van der Waals surface area contributed by atoms with Gasteiger partial charge in [0.1, 0.15) is 5.54 Å². The molecule has 1 heterocycles. The summed E-state index contributed by atoms with van der Waals surface area (Å²) in [5.74, 6) is -1.34. The minimum Gasteiger partial charge on any atom is -0.480 e. The van der Waals surface area contributed by atoms with E-state index in [1.54, 1.807) is 31.2 Å². The molecule has 1 saturated heterocycles. The van der Waals surface area contributed by atoms with E-state index in [1.165, 1.54) is 4.90 Å². The fourth-order valence-corrected chi connectivity index (χ4v) is 2.71. The molecule has 1 N–H and O–H groups in total. The average molecular weight is 289 g/mol. The summed E-state index contributed by atoms with van der Waals surface area (Å²) in [6, 6.07) is 8.80. The average Bonchev–Trinajstić information content (AvgIpc) is 2.89. The van der Waals surface area contributed by atoms with Crippen LogP contribution >= 0.6 is 0 Å². The number of hydrogen-bond donors (Lipinski definition) is 1. The topological polar surface area (TPSA) is 74.7 Å². The first kappa shape index (κ1) is 15.2. The molecule has 1 aliphatic rings. The van der Waals surface area contributed by atoms with Crippen molar-refractivity contribution in [1.82, 2.24) is 4.90 Å². The molecule has 1 aliphatic heterocycles. The predicted molar refractivity (Wildman–Crippen MR) is 77.0 cm³/mol. The lowest BCUT2D eigenvalue weighted by molar-refractivity contribution is -0.155. The second-order valence-electron chi connectivity index (χ2n) is 5.52. The van der Waals surface area contributed by atoms with E-state index < -0.39 is 11.5 Å². The van der Waals surface area contributed by atoms with Gasteiger partial charge in [-0.3, -0.25) is 9.59 Å². The van der Waals surface area contributed by atoms with Crippen molar-refractivity contribution in [1.29, 1.82) is 0 Å². The first-order valence-corrected chi connectivity index (χ1v) is 7.07. The molecule has 1 amide bonds. The van der Waals surface area contributed by atoms with Gasteiger partial charge in [-0.2, -0.15) is 0 Å². The molecule has 112 valence electrons. The molecule has 0 aliphatic carbocycles. The van der Waals surface area contributed by atoms with Crippen LogP contribution in [-0.2, 0) is 9.59 Å². The molecule has 1 fully saturated rings. The zero-order valence-corrected chi connectivity index (χ0v) is 12.0. The maximum absolute atomic E-state index is 12.2. The fraction of sp³-hybridized carbons (Fsp3) is 0.438. The van der Waals surface area contributed by atoms with Crippen molar-refractivity contribution in [3.05, 3.63) is 35.9 Å². The normalized spacial score (nSPS) is 21.3. The van der Waals surface area contributed by atoms with Gasteiger partial charge in [0.2, 0.25) is 5.91 Å². The number of carbonyl (C=O) groups excluding carboxylic acids is 2. The first-order chi connectivity index (χ1) is 9.95. The number of likely N-dealkylation sites (tertiary alicyclic amines) is 1. The summed E-state index contributed by atoms with van der Waals surface area (Å²) < 4.78 is 0. The molecule has 0 bridgehead atoms. The van der Waals surface area contributed by atoms with Gasteiger partial charge in [-0.15, -0.1) is 0 Å². The number of rotatable bonds is 5. The summed E-state index contributed by atoms with van der Waals surface area (Å²) in [5, 5.41) is 9.29. The van der Waals surface area contributed by atoms with E-state index in [2.05, 4.69) is 0 Å². The Bertz CT molecular complexity index is 555. The highest BCUT2D eigenvalue weighted by Crippen LogP contribution is 2.30. The second kappa shape index (κ2) is 6.08. The Balaban J connectivity index is 1.96. The summed E-state index contributed by atoms with van der Waals surface area (Å²) >= 11 is 0. The molecule has 0 spiro atoms. The first-order valence-electron chi connectivity index (χ1n) is 7.07. The van der Waals surface area contributed by atoms with E-state index in [0.717, 1.165) is 0 Å². The number of Topliss-reactive ketones (excluding diaryl/α,β-unsaturated/α-hetero) is 1. The second-order valence-corrected chi connectivity index (χ2v) is 5.52. The number of nitrogens with zero attached hydrogens (tertiary/aromatic N) is 1. The van der Waals surface area contributed by atoms with E-state index >= 15 is 0 Å². The van der Waals surface area contributed by atoms with Crippen molar-refractivity contribution in [3.8, 4) is 0 Å². The number of aliphatic carboxylic acids is 1. The molecule has 5 nitrogen and oxygen atoms in total. The number of amides is 1. The summed E-state index contributed by atoms with van der Waals surface area (Å²) in [7, 11) is 0. The van der Waals surface area contributed by atoms with E-state index in [0.29, 0.717) is 24.9 Å². The largest absolute Gasteiger partial charge is 0.480 e. The fourth-order valence-electron chi connectivity index (χ4n) is 2.71. The third-order valence-electron chi connectivity index (χ3n) is 4.06. The molecule has 1 unspecified atom stereocenters. The molecule has 0 radical (unpaired) electrons. The van der Waals surface area contributed by atoms with Crippen LogP contribution < -0.4 is 0 Å². The van der Waals surface area contributed by atoms with Crippen molar-refractivity contribution in [2.75, 3.05) is 6.54 Å². The maximum atomic E-state index is 12.2. The molecule has 1 atom stereocenters. The zero-order valence-electron chi connectivity index (χ0n) is 12.0. The number of benzene rings is 1. The molecule has 21 heavy (non-hydrogen) atoms. The van der Waals surface area contributed by atoms with E-state index in [1.807, 2.05) is 6.07 Å². The van der Waals surface area contributed by atoms with Gasteiger partial charge >= 0.3 is 5.97 Å². The van der Waals surface area contributed by atoms with Crippen LogP contribution in [-0.4, -0.2) is 39.7 Å². The number of ketones is 1. The van der Waals surface area contributed by atoms with Gasteiger partial charge in [0.15, 0.2) is 5.78 Å². The van der Waals surface area contributed by atoms with Crippen LogP contribution in [0.4, 0.5) is 0 Å². The molecule has 0 aromatic heterocycles. The van der Waals surface area contributed by atoms with Gasteiger partial charge in [-0.25, -0.2) is 4.79 Å². The lowest BCUT2D eigenvalue weighted by atomic mass is 9.98. The summed E-state index contributed by atoms with van der Waals surface area (Å²) in [6.07, 6.45) is 1.30. The Kier molecular flexibility index (Phi) is 4.40.